The Balaban J connectivity index is 2.18. The molecule has 0 aliphatic heterocycles. The van der Waals surface area contributed by atoms with Crippen LogP contribution in [0.4, 0.5) is 0 Å². The molecule has 0 saturated heterocycles. The van der Waals surface area contributed by atoms with Gasteiger partial charge in [-0.3, -0.25) is 0 Å². The van der Waals surface area contributed by atoms with E-state index in [0.29, 0.717) is 12.4 Å². The summed E-state index contributed by atoms with van der Waals surface area (Å²) in [7, 11) is 1.68. The molecule has 0 radical (unpaired) electrons. The maximum atomic E-state index is 5.59. The van der Waals surface area contributed by atoms with Crippen LogP contribution < -0.4 is 4.74 Å². The summed E-state index contributed by atoms with van der Waals surface area (Å²) in [5, 5.41) is 1.00. The molecule has 0 amide bonds. The topological polar surface area (TPSA) is 31.4 Å². The summed E-state index contributed by atoms with van der Waals surface area (Å²) < 4.78 is 10.8. The van der Waals surface area contributed by atoms with E-state index in [1.54, 1.807) is 18.4 Å². The smallest absolute Gasteiger partial charge is 0.124 e. The Kier molecular flexibility index (Phi) is 5.88. The van der Waals surface area contributed by atoms with E-state index in [4.69, 9.17) is 9.47 Å². The first-order valence-corrected chi connectivity index (χ1v) is 8.05. The minimum Gasteiger partial charge on any atom is -0.494 e. The second kappa shape index (κ2) is 7.67. The molecule has 2 aromatic rings. The molecule has 5 heteroatoms. The van der Waals surface area contributed by atoms with Gasteiger partial charge in [0.25, 0.3) is 0 Å². The van der Waals surface area contributed by atoms with Crippen LogP contribution in [0.1, 0.15) is 23.9 Å². The van der Waals surface area contributed by atoms with Crippen molar-refractivity contribution in [2.75, 3.05) is 13.7 Å². The van der Waals surface area contributed by atoms with Gasteiger partial charge in [-0.1, -0.05) is 6.92 Å². The molecule has 0 unspecified atom stereocenters. The maximum Gasteiger partial charge on any atom is 0.124 e. The van der Waals surface area contributed by atoms with E-state index >= 15 is 0 Å². The molecule has 3 nitrogen and oxygen atoms in total. The first-order valence-electron chi connectivity index (χ1n) is 6.60. The average molecular weight is 309 g/mol. The lowest BCUT2D eigenvalue weighted by molar-refractivity contribution is 0.181. The number of ether oxygens (including phenoxy) is 2. The molecular weight excluding hydrogens is 290 g/mol. The fourth-order valence-electron chi connectivity index (χ4n) is 1.79. The lowest BCUT2D eigenvalue weighted by Crippen LogP contribution is -1.94. The van der Waals surface area contributed by atoms with Crippen LogP contribution >= 0.6 is 24.0 Å². The van der Waals surface area contributed by atoms with Crippen LogP contribution in [0, 0.1) is 0 Å². The highest BCUT2D eigenvalue weighted by molar-refractivity contribution is 7.79. The van der Waals surface area contributed by atoms with Crippen LogP contribution in [-0.4, -0.2) is 18.7 Å². The highest BCUT2D eigenvalue weighted by atomic mass is 32.1. The van der Waals surface area contributed by atoms with Gasteiger partial charge >= 0.3 is 0 Å². The molecule has 0 N–H and O–H groups in total. The van der Waals surface area contributed by atoms with Crippen LogP contribution in [0.5, 0.6) is 5.75 Å². The molecule has 20 heavy (non-hydrogen) atoms. The number of aromatic nitrogens is 1. The predicted octanol–water partition coefficient (Wildman–Crippen LogP) is 4.18. The molecule has 1 heterocycles. The summed E-state index contributed by atoms with van der Waals surface area (Å²) in [4.78, 5) is 5.80. The zero-order chi connectivity index (χ0) is 14.4. The second-order valence-corrected chi connectivity index (χ2v) is 5.75. The molecule has 1 aromatic heterocycles. The summed E-state index contributed by atoms with van der Waals surface area (Å²) in [6, 6.07) is 8.07. The Morgan fingerprint density at radius 2 is 2.00 bits per heavy atom. The minimum absolute atomic E-state index is 0.532. The summed E-state index contributed by atoms with van der Waals surface area (Å²) in [6.07, 6.45) is 1.01. The third-order valence-corrected chi connectivity index (χ3v) is 4.45. The maximum absolute atomic E-state index is 5.59. The summed E-state index contributed by atoms with van der Waals surface area (Å²) in [6.45, 7) is 3.38. The third-order valence-electron chi connectivity index (χ3n) is 2.78. The number of methoxy groups -OCH3 is 1. The first kappa shape index (κ1) is 15.4. The first-order chi connectivity index (χ1) is 9.78. The molecule has 0 atom stereocenters. The second-order valence-electron chi connectivity index (χ2n) is 4.35. The van der Waals surface area contributed by atoms with Crippen LogP contribution in [-0.2, 0) is 17.1 Å². The normalized spacial score (nSPS) is 10.8. The number of hydrogen-bond acceptors (Lipinski definition) is 5. The summed E-state index contributed by atoms with van der Waals surface area (Å²) >= 11 is 6.02. The SMILES string of the molecule is CCCOc1ccc(-c2nc(COC)c(CS)s2)cc1. The van der Waals surface area contributed by atoms with Crippen LogP contribution in [0.15, 0.2) is 24.3 Å². The monoisotopic (exact) mass is 309 g/mol. The van der Waals surface area contributed by atoms with Gasteiger partial charge < -0.3 is 9.47 Å². The average Bonchev–Trinajstić information content (AvgIpc) is 2.89. The van der Waals surface area contributed by atoms with Gasteiger partial charge in [-0.15, -0.1) is 11.3 Å². The van der Waals surface area contributed by atoms with E-state index in [-0.39, 0.29) is 0 Å². The van der Waals surface area contributed by atoms with E-state index in [1.165, 1.54) is 0 Å². The molecule has 108 valence electrons. The Labute approximate surface area is 129 Å². The quantitative estimate of drug-likeness (QED) is 0.779. The zero-order valence-corrected chi connectivity index (χ0v) is 13.5. The molecule has 1 aromatic carbocycles. The highest BCUT2D eigenvalue weighted by Crippen LogP contribution is 2.30. The Morgan fingerprint density at radius 1 is 1.25 bits per heavy atom. The van der Waals surface area contributed by atoms with Crippen LogP contribution in [0.25, 0.3) is 10.6 Å². The van der Waals surface area contributed by atoms with Crippen molar-refractivity contribution >= 4 is 24.0 Å². The van der Waals surface area contributed by atoms with Crippen molar-refractivity contribution in [3.8, 4) is 16.3 Å². The van der Waals surface area contributed by atoms with Gasteiger partial charge in [0.15, 0.2) is 0 Å². The van der Waals surface area contributed by atoms with Gasteiger partial charge in [-0.05, 0) is 30.7 Å². The van der Waals surface area contributed by atoms with E-state index in [1.807, 2.05) is 24.3 Å². The Morgan fingerprint density at radius 3 is 2.60 bits per heavy atom. The standard InChI is InChI=1S/C15H19NO2S2/c1-3-8-18-12-6-4-11(5-7-12)15-16-13(9-17-2)14(10-19)20-15/h4-7,19H,3,8-10H2,1-2H3. The van der Waals surface area contributed by atoms with Crippen LogP contribution in [0.3, 0.4) is 0 Å². The molecule has 0 aliphatic carbocycles. The Bertz CT molecular complexity index is 537. The molecule has 0 aliphatic rings. The number of thiol groups is 1. The lowest BCUT2D eigenvalue weighted by Gasteiger charge is -2.04. The van der Waals surface area contributed by atoms with Gasteiger partial charge in [0.1, 0.15) is 10.8 Å². The molecule has 0 saturated carbocycles. The molecule has 0 spiro atoms. The van der Waals surface area contributed by atoms with Gasteiger partial charge in [0.05, 0.1) is 18.9 Å². The fraction of sp³-hybridized carbons (Fsp3) is 0.400. The van der Waals surface area contributed by atoms with Gasteiger partial charge in [0.2, 0.25) is 0 Å². The van der Waals surface area contributed by atoms with Crippen molar-refractivity contribution in [2.45, 2.75) is 25.7 Å². The third kappa shape index (κ3) is 3.75. The molecule has 0 fully saturated rings. The number of benzene rings is 1. The van der Waals surface area contributed by atoms with E-state index in [0.717, 1.165) is 39.9 Å². The largest absolute Gasteiger partial charge is 0.494 e. The number of hydrogen-bond donors (Lipinski definition) is 1. The highest BCUT2D eigenvalue weighted by Gasteiger charge is 2.11. The van der Waals surface area contributed by atoms with E-state index < -0.39 is 0 Å². The van der Waals surface area contributed by atoms with Gasteiger partial charge in [-0.25, -0.2) is 4.98 Å². The van der Waals surface area contributed by atoms with Crippen molar-refractivity contribution in [1.29, 1.82) is 0 Å². The molecule has 2 rings (SSSR count). The van der Waals surface area contributed by atoms with Crippen molar-refractivity contribution in [3.05, 3.63) is 34.8 Å². The summed E-state index contributed by atoms with van der Waals surface area (Å²) in [5.74, 6) is 1.59. The van der Waals surface area contributed by atoms with Crippen molar-refractivity contribution in [2.24, 2.45) is 0 Å². The summed E-state index contributed by atoms with van der Waals surface area (Å²) in [5.41, 5.74) is 2.08. The minimum atomic E-state index is 0.532. The number of rotatable bonds is 7. The molecule has 0 bridgehead atoms. The van der Waals surface area contributed by atoms with Crippen molar-refractivity contribution in [1.82, 2.24) is 4.98 Å². The number of thiazole rings is 1. The predicted molar refractivity (Wildman–Crippen MR) is 86.7 cm³/mol. The fourth-order valence-corrected chi connectivity index (χ4v) is 3.10. The number of nitrogens with zero attached hydrogens (tertiary/aromatic N) is 1. The zero-order valence-electron chi connectivity index (χ0n) is 11.8. The van der Waals surface area contributed by atoms with Crippen molar-refractivity contribution < 1.29 is 9.47 Å². The van der Waals surface area contributed by atoms with Gasteiger partial charge in [0, 0.05) is 23.3 Å². The van der Waals surface area contributed by atoms with Crippen LogP contribution in [0.2, 0.25) is 0 Å². The Hall–Kier alpha value is -1.04. The van der Waals surface area contributed by atoms with Gasteiger partial charge in [-0.2, -0.15) is 12.6 Å². The molecular formula is C15H19NO2S2. The lowest BCUT2D eigenvalue weighted by atomic mass is 10.2. The van der Waals surface area contributed by atoms with Crippen molar-refractivity contribution in [3.63, 3.8) is 0 Å². The van der Waals surface area contributed by atoms with E-state index in [2.05, 4.69) is 24.5 Å². The van der Waals surface area contributed by atoms with E-state index in [9.17, 15) is 0 Å².